The van der Waals surface area contributed by atoms with E-state index in [1.54, 1.807) is 0 Å². The first-order valence-corrected chi connectivity index (χ1v) is 4.97. The Morgan fingerprint density at radius 1 is 1.92 bits per heavy atom. The van der Waals surface area contributed by atoms with Crippen LogP contribution in [0.25, 0.3) is 0 Å². The molecule has 0 spiro atoms. The van der Waals surface area contributed by atoms with Crippen LogP contribution >= 0.6 is 11.8 Å². The summed E-state index contributed by atoms with van der Waals surface area (Å²) < 4.78 is 5.30. The predicted molar refractivity (Wildman–Crippen MR) is 50.6 cm³/mol. The zero-order valence-electron chi connectivity index (χ0n) is 7.57. The third-order valence-corrected chi connectivity index (χ3v) is 2.43. The van der Waals surface area contributed by atoms with Gasteiger partial charge in [0.05, 0.1) is 5.94 Å². The molecule has 6 heteroatoms. The van der Waals surface area contributed by atoms with Crippen molar-refractivity contribution in [2.45, 2.75) is 19.4 Å². The fourth-order valence-electron chi connectivity index (χ4n) is 0.850. The zero-order chi connectivity index (χ0) is 9.68. The number of nitrogens with zero attached hydrogens (tertiary/aromatic N) is 1. The van der Waals surface area contributed by atoms with Crippen LogP contribution in [0.2, 0.25) is 0 Å². The third kappa shape index (κ3) is 2.89. The first-order chi connectivity index (χ1) is 6.27. The molecule has 1 aliphatic heterocycles. The molecule has 1 aliphatic rings. The van der Waals surface area contributed by atoms with Crippen LogP contribution < -0.4 is 5.32 Å². The molecule has 0 radical (unpaired) electrons. The van der Waals surface area contributed by atoms with Crippen LogP contribution in [-0.4, -0.2) is 30.2 Å². The third-order valence-electron chi connectivity index (χ3n) is 1.54. The van der Waals surface area contributed by atoms with Crippen molar-refractivity contribution in [3.8, 4) is 0 Å². The van der Waals surface area contributed by atoms with Gasteiger partial charge in [0.1, 0.15) is 11.1 Å². The van der Waals surface area contributed by atoms with Crippen LogP contribution in [-0.2, 0) is 9.57 Å². The largest absolute Gasteiger partial charge is 0.433 e. The van der Waals surface area contributed by atoms with E-state index in [4.69, 9.17) is 4.74 Å². The summed E-state index contributed by atoms with van der Waals surface area (Å²) in [7, 11) is 1.48. The number of thioether (sulfide) groups is 1. The molecular formula is C7H12N2O3S. The lowest BCUT2D eigenvalue weighted by Crippen LogP contribution is -2.19. The Labute approximate surface area is 80.8 Å². The Morgan fingerprint density at radius 3 is 3.31 bits per heavy atom. The minimum Gasteiger partial charge on any atom is -0.360 e. The van der Waals surface area contributed by atoms with Crippen LogP contribution in [0.4, 0.5) is 4.79 Å². The van der Waals surface area contributed by atoms with Crippen molar-refractivity contribution in [2.24, 2.45) is 5.16 Å². The highest BCUT2D eigenvalue weighted by atomic mass is 32.2. The number of oxime groups is 1. The summed E-state index contributed by atoms with van der Waals surface area (Å²) >= 11 is 1.45. The highest BCUT2D eigenvalue weighted by Gasteiger charge is 2.23. The molecule has 1 atom stereocenters. The van der Waals surface area contributed by atoms with Crippen LogP contribution in [0.1, 0.15) is 13.3 Å². The van der Waals surface area contributed by atoms with E-state index in [-0.39, 0.29) is 6.10 Å². The van der Waals surface area contributed by atoms with Crippen molar-refractivity contribution in [1.82, 2.24) is 5.32 Å². The fraction of sp³-hybridized carbons (Fsp3) is 0.714. The highest BCUT2D eigenvalue weighted by molar-refractivity contribution is 8.14. The fourth-order valence-corrected chi connectivity index (χ4v) is 1.71. The van der Waals surface area contributed by atoms with Gasteiger partial charge >= 0.3 is 6.09 Å². The summed E-state index contributed by atoms with van der Waals surface area (Å²) in [5.41, 5.74) is 0. The van der Waals surface area contributed by atoms with Gasteiger partial charge in [-0.3, -0.25) is 4.84 Å². The molecule has 1 amide bonds. The van der Waals surface area contributed by atoms with Crippen LogP contribution in [0, 0.1) is 0 Å². The van der Waals surface area contributed by atoms with Gasteiger partial charge in [0.15, 0.2) is 0 Å². The molecule has 0 saturated carbocycles. The summed E-state index contributed by atoms with van der Waals surface area (Å²) in [4.78, 5) is 15.2. The zero-order valence-corrected chi connectivity index (χ0v) is 8.39. The maximum absolute atomic E-state index is 10.7. The van der Waals surface area contributed by atoms with Crippen molar-refractivity contribution < 1.29 is 14.4 Å². The van der Waals surface area contributed by atoms with E-state index in [0.29, 0.717) is 5.94 Å². The van der Waals surface area contributed by atoms with Crippen molar-refractivity contribution in [3.05, 3.63) is 0 Å². The SMILES string of the molecule is CCC1OCS/C1=N\OC(=O)NC. The molecule has 0 aliphatic carbocycles. The van der Waals surface area contributed by atoms with E-state index < -0.39 is 6.09 Å². The van der Waals surface area contributed by atoms with E-state index in [1.807, 2.05) is 6.92 Å². The first-order valence-electron chi connectivity index (χ1n) is 3.99. The van der Waals surface area contributed by atoms with Gasteiger partial charge in [-0.15, -0.1) is 0 Å². The normalized spacial score (nSPS) is 24.8. The minimum atomic E-state index is -0.560. The molecule has 0 bridgehead atoms. The average Bonchev–Trinajstić information content (AvgIpc) is 2.61. The van der Waals surface area contributed by atoms with E-state index in [9.17, 15) is 4.79 Å². The van der Waals surface area contributed by atoms with Gasteiger partial charge in [-0.05, 0) is 6.42 Å². The van der Waals surface area contributed by atoms with Gasteiger partial charge < -0.3 is 10.1 Å². The molecule has 1 saturated heterocycles. The maximum Gasteiger partial charge on any atom is 0.433 e. The van der Waals surface area contributed by atoms with Gasteiger partial charge in [-0.25, -0.2) is 4.79 Å². The van der Waals surface area contributed by atoms with E-state index in [2.05, 4.69) is 15.3 Å². The standard InChI is InChI=1S/C7H12N2O3S/c1-3-5-6(13-4-11-5)9-12-7(10)8-2/h5H,3-4H2,1-2H3,(H,8,10)/b9-6-. The van der Waals surface area contributed by atoms with Crippen molar-refractivity contribution in [1.29, 1.82) is 0 Å². The molecule has 0 aromatic rings. The molecule has 1 rings (SSSR count). The predicted octanol–water partition coefficient (Wildman–Crippen LogP) is 1.16. The van der Waals surface area contributed by atoms with Gasteiger partial charge in [0.2, 0.25) is 0 Å². The number of nitrogens with one attached hydrogen (secondary N) is 1. The molecule has 1 heterocycles. The van der Waals surface area contributed by atoms with Crippen LogP contribution in [0.3, 0.4) is 0 Å². The molecule has 1 fully saturated rings. The number of hydrogen-bond acceptors (Lipinski definition) is 5. The monoisotopic (exact) mass is 204 g/mol. The summed E-state index contributed by atoms with van der Waals surface area (Å²) in [5.74, 6) is 0.578. The van der Waals surface area contributed by atoms with E-state index >= 15 is 0 Å². The maximum atomic E-state index is 10.7. The summed E-state index contributed by atoms with van der Waals surface area (Å²) in [6.07, 6.45) is 0.257. The highest BCUT2D eigenvalue weighted by Crippen LogP contribution is 2.22. The van der Waals surface area contributed by atoms with Gasteiger partial charge in [0.25, 0.3) is 0 Å². The number of carbonyl (C=O) groups is 1. The summed E-state index contributed by atoms with van der Waals surface area (Å²) in [6, 6.07) is 0. The number of rotatable bonds is 2. The lowest BCUT2D eigenvalue weighted by molar-refractivity contribution is 0.137. The summed E-state index contributed by atoms with van der Waals surface area (Å²) in [6.45, 7) is 1.99. The second-order valence-electron chi connectivity index (χ2n) is 2.38. The van der Waals surface area contributed by atoms with Gasteiger partial charge in [0, 0.05) is 7.05 Å². The van der Waals surface area contributed by atoms with Gasteiger partial charge in [-0.2, -0.15) is 0 Å². The molecule has 5 nitrogen and oxygen atoms in total. The second-order valence-corrected chi connectivity index (χ2v) is 3.33. The smallest absolute Gasteiger partial charge is 0.360 e. The van der Waals surface area contributed by atoms with E-state index in [0.717, 1.165) is 11.5 Å². The van der Waals surface area contributed by atoms with Crippen molar-refractivity contribution in [3.63, 3.8) is 0 Å². The van der Waals surface area contributed by atoms with Crippen LogP contribution in [0.5, 0.6) is 0 Å². The quantitative estimate of drug-likeness (QED) is 0.541. The second kappa shape index (κ2) is 5.08. The molecule has 74 valence electrons. The lowest BCUT2D eigenvalue weighted by atomic mass is 10.3. The molecule has 13 heavy (non-hydrogen) atoms. The van der Waals surface area contributed by atoms with E-state index in [1.165, 1.54) is 18.8 Å². The minimum absolute atomic E-state index is 0.0188. The molecular weight excluding hydrogens is 192 g/mol. The molecule has 0 aromatic carbocycles. The van der Waals surface area contributed by atoms with Crippen LogP contribution in [0.15, 0.2) is 5.16 Å². The Morgan fingerprint density at radius 2 is 2.69 bits per heavy atom. The Hall–Kier alpha value is -0.750. The molecule has 1 unspecified atom stereocenters. The number of hydrogen-bond donors (Lipinski definition) is 1. The molecule has 1 N–H and O–H groups in total. The number of carbonyl (C=O) groups excluding carboxylic acids is 1. The Balaban J connectivity index is 2.45. The topological polar surface area (TPSA) is 59.9 Å². The Bertz CT molecular complexity index is 220. The first kappa shape index (κ1) is 10.3. The molecule has 0 aromatic heterocycles. The summed E-state index contributed by atoms with van der Waals surface area (Å²) in [5, 5.41) is 6.72. The van der Waals surface area contributed by atoms with Gasteiger partial charge in [-0.1, -0.05) is 23.8 Å². The average molecular weight is 204 g/mol. The van der Waals surface area contributed by atoms with Crippen molar-refractivity contribution in [2.75, 3.05) is 13.0 Å². The van der Waals surface area contributed by atoms with Crippen molar-refractivity contribution >= 4 is 22.9 Å². The number of amides is 1. The Kier molecular flexibility index (Phi) is 4.04. The number of ether oxygens (including phenoxy) is 1. The lowest BCUT2D eigenvalue weighted by Gasteiger charge is -2.04.